The van der Waals surface area contributed by atoms with Crippen LogP contribution in [-0.2, 0) is 14.8 Å². The fourth-order valence-electron chi connectivity index (χ4n) is 3.56. The van der Waals surface area contributed by atoms with Gasteiger partial charge in [-0.2, -0.15) is 4.31 Å². The second kappa shape index (κ2) is 8.47. The van der Waals surface area contributed by atoms with E-state index in [-0.39, 0.29) is 16.7 Å². The first-order valence-electron chi connectivity index (χ1n) is 9.11. The molecule has 8 heteroatoms. The van der Waals surface area contributed by atoms with E-state index in [1.165, 1.54) is 10.4 Å². The zero-order valence-corrected chi connectivity index (χ0v) is 16.0. The Morgan fingerprint density at radius 2 is 2.12 bits per heavy atom. The Labute approximate surface area is 155 Å². The van der Waals surface area contributed by atoms with Crippen LogP contribution in [0.25, 0.3) is 0 Å². The van der Waals surface area contributed by atoms with Crippen LogP contribution in [0, 0.1) is 5.92 Å². The van der Waals surface area contributed by atoms with Gasteiger partial charge in [-0.3, -0.25) is 4.79 Å². The van der Waals surface area contributed by atoms with Gasteiger partial charge < -0.3 is 15.0 Å². The van der Waals surface area contributed by atoms with Gasteiger partial charge in [0.15, 0.2) is 0 Å². The Balaban J connectivity index is 1.77. The van der Waals surface area contributed by atoms with Gasteiger partial charge in [-0.15, -0.1) is 0 Å². The van der Waals surface area contributed by atoms with Crippen LogP contribution < -0.4 is 5.32 Å². The van der Waals surface area contributed by atoms with E-state index >= 15 is 0 Å². The molecule has 7 nitrogen and oxygen atoms in total. The van der Waals surface area contributed by atoms with Crippen LogP contribution in [0.5, 0.6) is 0 Å². The van der Waals surface area contributed by atoms with Gasteiger partial charge in [-0.05, 0) is 43.5 Å². The summed E-state index contributed by atoms with van der Waals surface area (Å²) in [4.78, 5) is 14.7. The van der Waals surface area contributed by atoms with Crippen LogP contribution in [0.3, 0.4) is 0 Å². The van der Waals surface area contributed by atoms with Crippen LogP contribution in [0.4, 0.5) is 0 Å². The molecule has 2 heterocycles. The molecular formula is C18H27N3O4S. The van der Waals surface area contributed by atoms with Crippen molar-refractivity contribution in [2.45, 2.75) is 17.7 Å². The fourth-order valence-corrected chi connectivity index (χ4v) is 5.13. The number of methoxy groups -OCH3 is 1. The highest BCUT2D eigenvalue weighted by Gasteiger charge is 2.33. The van der Waals surface area contributed by atoms with E-state index in [9.17, 15) is 13.2 Å². The molecule has 2 aliphatic rings. The van der Waals surface area contributed by atoms with Crippen LogP contribution in [0.15, 0.2) is 29.2 Å². The topological polar surface area (TPSA) is 79.0 Å². The minimum absolute atomic E-state index is 0.107. The predicted molar refractivity (Wildman–Crippen MR) is 98.6 cm³/mol. The number of sulfonamides is 1. The Hall–Kier alpha value is -1.48. The lowest BCUT2D eigenvalue weighted by Gasteiger charge is -2.21. The highest BCUT2D eigenvalue weighted by molar-refractivity contribution is 7.89. The van der Waals surface area contributed by atoms with Gasteiger partial charge in [-0.25, -0.2) is 8.42 Å². The highest BCUT2D eigenvalue weighted by atomic mass is 32.2. The summed E-state index contributed by atoms with van der Waals surface area (Å²) in [7, 11) is -1.96. The van der Waals surface area contributed by atoms with Crippen molar-refractivity contribution in [2.24, 2.45) is 5.92 Å². The lowest BCUT2D eigenvalue weighted by Crippen LogP contribution is -2.34. The molecule has 144 valence electrons. The predicted octanol–water partition coefficient (Wildman–Crippen LogP) is 0.779. The summed E-state index contributed by atoms with van der Waals surface area (Å²) in [5.74, 6) is 0.119. The minimum Gasteiger partial charge on any atom is -0.384 e. The maximum absolute atomic E-state index is 12.9. The van der Waals surface area contributed by atoms with Crippen molar-refractivity contribution >= 4 is 15.9 Å². The summed E-state index contributed by atoms with van der Waals surface area (Å²) < 4.78 is 32.5. The molecule has 1 atom stereocenters. The summed E-state index contributed by atoms with van der Waals surface area (Å²) in [6.45, 7) is 4.51. The Morgan fingerprint density at radius 1 is 1.27 bits per heavy atom. The van der Waals surface area contributed by atoms with Crippen LogP contribution in [0.1, 0.15) is 23.2 Å². The van der Waals surface area contributed by atoms with Gasteiger partial charge in [0.05, 0.1) is 11.5 Å². The van der Waals surface area contributed by atoms with Crippen LogP contribution >= 0.6 is 0 Å². The number of carbonyl (C=O) groups excluding carboxylic acids is 1. The molecule has 3 rings (SSSR count). The smallest absolute Gasteiger partial charge is 0.253 e. The van der Waals surface area contributed by atoms with Gasteiger partial charge in [0, 0.05) is 45.4 Å². The van der Waals surface area contributed by atoms with Gasteiger partial charge in [0.25, 0.3) is 5.91 Å². The first kappa shape index (κ1) is 19.3. The Bertz CT molecular complexity index is 730. The summed E-state index contributed by atoms with van der Waals surface area (Å²) in [5.41, 5.74) is 0.431. The van der Waals surface area contributed by atoms with Crippen molar-refractivity contribution < 1.29 is 17.9 Å². The third-order valence-electron chi connectivity index (χ3n) is 5.00. The number of nitrogens with one attached hydrogen (secondary N) is 1. The second-order valence-electron chi connectivity index (χ2n) is 6.90. The van der Waals surface area contributed by atoms with Crippen molar-refractivity contribution in [2.75, 3.05) is 53.0 Å². The monoisotopic (exact) mass is 381 g/mol. The molecule has 2 fully saturated rings. The summed E-state index contributed by atoms with van der Waals surface area (Å²) >= 11 is 0. The van der Waals surface area contributed by atoms with Gasteiger partial charge >= 0.3 is 0 Å². The number of hydrogen-bond donors (Lipinski definition) is 1. The SMILES string of the molecule is COC[C@H]1CCN(S(=O)(=O)c2cccc(C(=O)N3CCCNCC3)c2)C1. The maximum atomic E-state index is 12.9. The molecule has 0 saturated carbocycles. The van der Waals surface area contributed by atoms with Gasteiger partial charge in [0.2, 0.25) is 10.0 Å². The molecular weight excluding hydrogens is 354 g/mol. The molecule has 0 bridgehead atoms. The van der Waals surface area contributed by atoms with E-state index in [1.54, 1.807) is 30.2 Å². The van der Waals surface area contributed by atoms with Crippen LogP contribution in [0.2, 0.25) is 0 Å². The third-order valence-corrected chi connectivity index (χ3v) is 6.86. The molecule has 0 spiro atoms. The summed E-state index contributed by atoms with van der Waals surface area (Å²) in [6, 6.07) is 6.43. The largest absolute Gasteiger partial charge is 0.384 e. The van der Waals surface area contributed by atoms with Crippen molar-refractivity contribution in [3.8, 4) is 0 Å². The molecule has 0 aliphatic carbocycles. The number of rotatable bonds is 5. The van der Waals surface area contributed by atoms with Crippen LogP contribution in [-0.4, -0.2) is 76.5 Å². The highest BCUT2D eigenvalue weighted by Crippen LogP contribution is 2.25. The molecule has 26 heavy (non-hydrogen) atoms. The molecule has 1 aromatic carbocycles. The van der Waals surface area contributed by atoms with Crippen molar-refractivity contribution in [1.29, 1.82) is 0 Å². The molecule has 0 radical (unpaired) electrons. The fraction of sp³-hybridized carbons (Fsp3) is 0.611. The molecule has 1 amide bonds. The maximum Gasteiger partial charge on any atom is 0.253 e. The Morgan fingerprint density at radius 3 is 2.92 bits per heavy atom. The lowest BCUT2D eigenvalue weighted by molar-refractivity contribution is 0.0766. The molecule has 1 N–H and O–H groups in total. The average molecular weight is 381 g/mol. The second-order valence-corrected chi connectivity index (χ2v) is 8.83. The van der Waals surface area contributed by atoms with Crippen molar-refractivity contribution in [3.63, 3.8) is 0 Å². The number of ether oxygens (including phenoxy) is 1. The van der Waals surface area contributed by atoms with Crippen molar-refractivity contribution in [3.05, 3.63) is 29.8 Å². The zero-order chi connectivity index (χ0) is 18.6. The number of benzene rings is 1. The lowest BCUT2D eigenvalue weighted by atomic mass is 10.1. The van der Waals surface area contributed by atoms with E-state index < -0.39 is 10.0 Å². The van der Waals surface area contributed by atoms with E-state index in [0.29, 0.717) is 38.3 Å². The van der Waals surface area contributed by atoms with E-state index in [1.807, 2.05) is 0 Å². The molecule has 0 unspecified atom stereocenters. The third kappa shape index (κ3) is 4.25. The molecule has 2 saturated heterocycles. The van der Waals surface area contributed by atoms with Crippen molar-refractivity contribution in [1.82, 2.24) is 14.5 Å². The number of amides is 1. The molecule has 1 aromatic rings. The average Bonchev–Trinajstić information content (AvgIpc) is 2.96. The summed E-state index contributed by atoms with van der Waals surface area (Å²) in [6.07, 6.45) is 1.70. The number of nitrogens with zero attached hydrogens (tertiary/aromatic N) is 2. The first-order chi connectivity index (χ1) is 12.5. The van der Waals surface area contributed by atoms with E-state index in [4.69, 9.17) is 4.74 Å². The van der Waals surface area contributed by atoms with E-state index in [0.717, 1.165) is 25.9 Å². The minimum atomic E-state index is -3.59. The number of carbonyl (C=O) groups is 1. The quantitative estimate of drug-likeness (QED) is 0.815. The normalized spacial score (nSPS) is 22.3. The molecule has 2 aliphatic heterocycles. The molecule has 0 aromatic heterocycles. The van der Waals surface area contributed by atoms with Gasteiger partial charge in [-0.1, -0.05) is 6.07 Å². The summed E-state index contributed by atoms with van der Waals surface area (Å²) in [5, 5.41) is 3.26. The Kier molecular flexibility index (Phi) is 6.29. The first-order valence-corrected chi connectivity index (χ1v) is 10.6. The number of hydrogen-bond acceptors (Lipinski definition) is 5. The van der Waals surface area contributed by atoms with E-state index in [2.05, 4.69) is 5.32 Å². The standard InChI is InChI=1S/C18H27N3O4S/c1-25-14-15-6-10-21(13-15)26(23,24)17-5-2-4-16(12-17)18(22)20-9-3-7-19-8-11-20/h2,4-5,12,15,19H,3,6-11,13-14H2,1H3/t15-/m0/s1. The van der Waals surface area contributed by atoms with Gasteiger partial charge in [0.1, 0.15) is 0 Å². The zero-order valence-electron chi connectivity index (χ0n) is 15.2.